The molecule has 0 spiro atoms. The summed E-state index contributed by atoms with van der Waals surface area (Å²) < 4.78 is 0. The fourth-order valence-electron chi connectivity index (χ4n) is 1.01. The Bertz CT molecular complexity index is 355. The molecule has 2 aromatic rings. The van der Waals surface area contributed by atoms with E-state index in [9.17, 15) is 0 Å². The molecule has 0 aliphatic heterocycles. The highest BCUT2D eigenvalue weighted by Crippen LogP contribution is 2.15. The Balaban J connectivity index is 0.000000605. The lowest BCUT2D eigenvalue weighted by atomic mass is 10.3. The molecular formula is C7H8ClN3. The highest BCUT2D eigenvalue weighted by Gasteiger charge is 1.95. The van der Waals surface area contributed by atoms with Crippen LogP contribution in [-0.4, -0.2) is 9.97 Å². The predicted molar refractivity (Wildman–Crippen MR) is 47.8 cm³/mol. The maximum absolute atomic E-state index is 5.57. The predicted octanol–water partition coefficient (Wildman–Crippen LogP) is 1.57. The largest absolute Gasteiger partial charge is 0.383 e. The van der Waals surface area contributed by atoms with Gasteiger partial charge < -0.3 is 10.7 Å². The van der Waals surface area contributed by atoms with Crippen LogP contribution >= 0.6 is 12.4 Å². The first-order chi connectivity index (χ1) is 4.88. The smallest absolute Gasteiger partial charge is 0.132 e. The van der Waals surface area contributed by atoms with E-state index in [0.29, 0.717) is 5.82 Å². The number of nitrogen functional groups attached to an aromatic ring is 1. The third-order valence-electron chi connectivity index (χ3n) is 1.51. The normalized spacial score (nSPS) is 9.45. The molecular weight excluding hydrogens is 162 g/mol. The van der Waals surface area contributed by atoms with Gasteiger partial charge >= 0.3 is 0 Å². The number of nitrogens with two attached hydrogens (primary N) is 1. The Morgan fingerprint density at radius 3 is 2.91 bits per heavy atom. The summed E-state index contributed by atoms with van der Waals surface area (Å²) in [6.45, 7) is 0. The summed E-state index contributed by atoms with van der Waals surface area (Å²) in [6, 6.07) is 3.81. The monoisotopic (exact) mass is 169 g/mol. The van der Waals surface area contributed by atoms with Gasteiger partial charge in [-0.05, 0) is 12.1 Å². The third kappa shape index (κ3) is 1.14. The summed E-state index contributed by atoms with van der Waals surface area (Å²) in [4.78, 5) is 6.98. The van der Waals surface area contributed by atoms with E-state index < -0.39 is 0 Å². The van der Waals surface area contributed by atoms with Crippen LogP contribution in [0, 0.1) is 0 Å². The molecule has 0 atom stereocenters. The Morgan fingerprint density at radius 1 is 1.36 bits per heavy atom. The number of aromatic nitrogens is 2. The number of H-pyrrole nitrogens is 1. The van der Waals surface area contributed by atoms with Crippen LogP contribution in [0.3, 0.4) is 0 Å². The Labute approximate surface area is 70.0 Å². The van der Waals surface area contributed by atoms with Crippen molar-refractivity contribution in [2.75, 3.05) is 5.73 Å². The number of hydrogen-bond acceptors (Lipinski definition) is 2. The van der Waals surface area contributed by atoms with Crippen LogP contribution in [0.5, 0.6) is 0 Å². The van der Waals surface area contributed by atoms with Crippen LogP contribution in [-0.2, 0) is 0 Å². The van der Waals surface area contributed by atoms with E-state index in [1.54, 1.807) is 6.20 Å². The van der Waals surface area contributed by atoms with Crippen molar-refractivity contribution in [3.8, 4) is 0 Å². The molecule has 0 saturated heterocycles. The number of anilines is 1. The molecule has 0 saturated carbocycles. The van der Waals surface area contributed by atoms with Crippen molar-refractivity contribution in [3.63, 3.8) is 0 Å². The third-order valence-corrected chi connectivity index (χ3v) is 1.51. The van der Waals surface area contributed by atoms with E-state index in [1.807, 2.05) is 18.3 Å². The van der Waals surface area contributed by atoms with Gasteiger partial charge in [-0.3, -0.25) is 0 Å². The van der Waals surface area contributed by atoms with Gasteiger partial charge in [-0.25, -0.2) is 4.98 Å². The second-order valence-corrected chi connectivity index (χ2v) is 2.14. The molecule has 2 aromatic heterocycles. The summed E-state index contributed by atoms with van der Waals surface area (Å²) in [6.07, 6.45) is 3.54. The molecule has 0 aliphatic carbocycles. The molecule has 11 heavy (non-hydrogen) atoms. The van der Waals surface area contributed by atoms with E-state index in [-0.39, 0.29) is 12.4 Å². The van der Waals surface area contributed by atoms with Crippen molar-refractivity contribution in [2.45, 2.75) is 0 Å². The number of aromatic amines is 1. The second kappa shape index (κ2) is 2.80. The van der Waals surface area contributed by atoms with Gasteiger partial charge in [0.15, 0.2) is 0 Å². The molecule has 2 rings (SSSR count). The maximum Gasteiger partial charge on any atom is 0.132 e. The molecule has 0 amide bonds. The number of nitrogens with zero attached hydrogens (tertiary/aromatic N) is 1. The molecule has 58 valence electrons. The fourth-order valence-corrected chi connectivity index (χ4v) is 1.01. The molecule has 0 aromatic carbocycles. The van der Waals surface area contributed by atoms with Gasteiger partial charge in [0.25, 0.3) is 0 Å². The lowest BCUT2D eigenvalue weighted by molar-refractivity contribution is 1.36. The Hall–Kier alpha value is -1.22. The van der Waals surface area contributed by atoms with Gasteiger partial charge in [0.2, 0.25) is 0 Å². The zero-order chi connectivity index (χ0) is 6.97. The van der Waals surface area contributed by atoms with Gasteiger partial charge in [-0.1, -0.05) is 0 Å². The van der Waals surface area contributed by atoms with Crippen LogP contribution in [0.15, 0.2) is 24.5 Å². The van der Waals surface area contributed by atoms with E-state index in [0.717, 1.165) is 10.9 Å². The van der Waals surface area contributed by atoms with Crippen LogP contribution in [0.4, 0.5) is 5.82 Å². The first-order valence-electron chi connectivity index (χ1n) is 3.05. The number of fused-ring (bicyclic) bond motifs is 1. The van der Waals surface area contributed by atoms with Crippen molar-refractivity contribution in [3.05, 3.63) is 24.5 Å². The van der Waals surface area contributed by atoms with Crippen molar-refractivity contribution in [1.29, 1.82) is 0 Å². The van der Waals surface area contributed by atoms with Crippen molar-refractivity contribution >= 4 is 29.1 Å². The molecule has 2 heterocycles. The number of rotatable bonds is 0. The quantitative estimate of drug-likeness (QED) is 0.629. The van der Waals surface area contributed by atoms with E-state index in [2.05, 4.69) is 9.97 Å². The zero-order valence-electron chi connectivity index (χ0n) is 5.74. The molecule has 3 N–H and O–H groups in total. The summed E-state index contributed by atoms with van der Waals surface area (Å²) >= 11 is 0. The van der Waals surface area contributed by atoms with Gasteiger partial charge in [0.05, 0.1) is 5.52 Å². The standard InChI is InChI=1S/C7H7N3.ClH/c8-7-5-1-3-9-6(5)2-4-10-7;/h1-4,9H,(H2,8,10);1H. The van der Waals surface area contributed by atoms with Crippen LogP contribution in [0.25, 0.3) is 10.9 Å². The summed E-state index contributed by atoms with van der Waals surface area (Å²) in [5.41, 5.74) is 6.60. The number of pyridine rings is 1. The highest BCUT2D eigenvalue weighted by atomic mass is 35.5. The van der Waals surface area contributed by atoms with Gasteiger partial charge in [0.1, 0.15) is 5.82 Å². The molecule has 0 unspecified atom stereocenters. The highest BCUT2D eigenvalue weighted by molar-refractivity contribution is 5.88. The minimum absolute atomic E-state index is 0. The SMILES string of the molecule is Cl.Nc1nccc2[nH]ccc12. The first kappa shape index (κ1) is 7.88. The van der Waals surface area contributed by atoms with E-state index in [4.69, 9.17) is 5.73 Å². The molecule has 0 fully saturated rings. The maximum atomic E-state index is 5.57. The van der Waals surface area contributed by atoms with Crippen molar-refractivity contribution in [1.82, 2.24) is 9.97 Å². The fraction of sp³-hybridized carbons (Fsp3) is 0. The van der Waals surface area contributed by atoms with Gasteiger partial charge in [0, 0.05) is 17.8 Å². The minimum atomic E-state index is 0. The number of nitrogens with one attached hydrogen (secondary N) is 1. The molecule has 0 aliphatic rings. The summed E-state index contributed by atoms with van der Waals surface area (Å²) in [5, 5.41) is 0.988. The Morgan fingerprint density at radius 2 is 2.18 bits per heavy atom. The first-order valence-corrected chi connectivity index (χ1v) is 3.05. The summed E-state index contributed by atoms with van der Waals surface area (Å²) in [7, 11) is 0. The average molecular weight is 170 g/mol. The van der Waals surface area contributed by atoms with Crippen molar-refractivity contribution in [2.24, 2.45) is 0 Å². The van der Waals surface area contributed by atoms with Gasteiger partial charge in [-0.2, -0.15) is 0 Å². The van der Waals surface area contributed by atoms with Crippen LogP contribution < -0.4 is 5.73 Å². The van der Waals surface area contributed by atoms with Gasteiger partial charge in [-0.15, -0.1) is 12.4 Å². The van der Waals surface area contributed by atoms with Crippen LogP contribution in [0.2, 0.25) is 0 Å². The molecule has 0 bridgehead atoms. The van der Waals surface area contributed by atoms with E-state index >= 15 is 0 Å². The number of halogens is 1. The lowest BCUT2D eigenvalue weighted by Gasteiger charge is -1.91. The lowest BCUT2D eigenvalue weighted by Crippen LogP contribution is -1.88. The molecule has 0 radical (unpaired) electrons. The Kier molecular flexibility index (Phi) is 2.01. The summed E-state index contributed by atoms with van der Waals surface area (Å²) in [5.74, 6) is 0.582. The van der Waals surface area contributed by atoms with E-state index in [1.165, 1.54) is 0 Å². The topological polar surface area (TPSA) is 54.7 Å². The van der Waals surface area contributed by atoms with Crippen molar-refractivity contribution < 1.29 is 0 Å². The molecule has 4 heteroatoms. The number of hydrogen-bond donors (Lipinski definition) is 2. The minimum Gasteiger partial charge on any atom is -0.383 e. The van der Waals surface area contributed by atoms with Crippen LogP contribution in [0.1, 0.15) is 0 Å². The zero-order valence-corrected chi connectivity index (χ0v) is 6.56. The average Bonchev–Trinajstić information content (AvgIpc) is 2.36. The molecule has 3 nitrogen and oxygen atoms in total. The second-order valence-electron chi connectivity index (χ2n) is 2.14.